The van der Waals surface area contributed by atoms with Gasteiger partial charge in [-0.05, 0) is 45.9 Å². The van der Waals surface area contributed by atoms with Gasteiger partial charge in [0.1, 0.15) is 11.5 Å². The van der Waals surface area contributed by atoms with E-state index in [1.54, 1.807) is 0 Å². The number of furan rings is 1. The van der Waals surface area contributed by atoms with Gasteiger partial charge in [-0.15, -0.1) is 0 Å². The number of nitrogens with one attached hydrogen (secondary N) is 1. The van der Waals surface area contributed by atoms with Gasteiger partial charge in [0.25, 0.3) is 0 Å². The van der Waals surface area contributed by atoms with Crippen LogP contribution in [0.5, 0.6) is 0 Å². The molecule has 0 amide bonds. The first-order valence-electron chi connectivity index (χ1n) is 7.29. The van der Waals surface area contributed by atoms with Crippen molar-refractivity contribution in [2.45, 2.75) is 72.6 Å². The molecule has 1 N–H and O–H groups in total. The summed E-state index contributed by atoms with van der Waals surface area (Å²) >= 11 is 0. The van der Waals surface area contributed by atoms with E-state index in [0.717, 1.165) is 31.0 Å². The molecule has 0 saturated carbocycles. The number of hydrogen-bond acceptors (Lipinski definition) is 3. The lowest BCUT2D eigenvalue weighted by molar-refractivity contribution is 0.132. The van der Waals surface area contributed by atoms with Crippen molar-refractivity contribution in [3.8, 4) is 0 Å². The van der Waals surface area contributed by atoms with E-state index in [4.69, 9.17) is 4.42 Å². The highest BCUT2D eigenvalue weighted by Gasteiger charge is 2.22. The highest BCUT2D eigenvalue weighted by molar-refractivity contribution is 5.20. The first-order chi connectivity index (χ1) is 8.76. The molecule has 0 fully saturated rings. The van der Waals surface area contributed by atoms with Gasteiger partial charge in [0, 0.05) is 11.6 Å². The highest BCUT2D eigenvalue weighted by atomic mass is 16.3. The first-order valence-corrected chi connectivity index (χ1v) is 7.29. The molecule has 0 aliphatic heterocycles. The van der Waals surface area contributed by atoms with Crippen LogP contribution in [0, 0.1) is 6.92 Å². The van der Waals surface area contributed by atoms with Gasteiger partial charge in [-0.3, -0.25) is 4.90 Å². The molecule has 0 unspecified atom stereocenters. The van der Waals surface area contributed by atoms with Gasteiger partial charge in [0.2, 0.25) is 0 Å². The van der Waals surface area contributed by atoms with Gasteiger partial charge in [0.05, 0.1) is 13.1 Å². The molecule has 0 saturated heterocycles. The van der Waals surface area contributed by atoms with Gasteiger partial charge in [-0.2, -0.15) is 0 Å². The Morgan fingerprint density at radius 2 is 2.00 bits per heavy atom. The second-order valence-electron chi connectivity index (χ2n) is 6.38. The van der Waals surface area contributed by atoms with Crippen molar-refractivity contribution < 1.29 is 4.42 Å². The lowest BCUT2D eigenvalue weighted by atomic mass is 10.00. The Morgan fingerprint density at radius 3 is 2.53 bits per heavy atom. The Hall–Kier alpha value is -0.800. The second-order valence-corrected chi connectivity index (χ2v) is 6.38. The largest absolute Gasteiger partial charge is 0.463 e. The molecule has 19 heavy (non-hydrogen) atoms. The quantitative estimate of drug-likeness (QED) is 0.815. The van der Waals surface area contributed by atoms with Crippen LogP contribution in [0.2, 0.25) is 0 Å². The minimum Gasteiger partial charge on any atom is -0.463 e. The predicted molar refractivity (Wildman–Crippen MR) is 81.3 cm³/mol. The summed E-state index contributed by atoms with van der Waals surface area (Å²) in [7, 11) is 2.16. The van der Waals surface area contributed by atoms with Gasteiger partial charge < -0.3 is 9.73 Å². The van der Waals surface area contributed by atoms with E-state index < -0.39 is 0 Å². The Kier molecular flexibility index (Phi) is 5.63. The monoisotopic (exact) mass is 266 g/mol. The van der Waals surface area contributed by atoms with Crippen LogP contribution in [0.4, 0.5) is 0 Å². The van der Waals surface area contributed by atoms with Crippen LogP contribution in [-0.4, -0.2) is 23.5 Å². The number of aryl methyl sites for hydroxylation is 1. The normalized spacial score (nSPS) is 12.7. The minimum atomic E-state index is 0.205. The lowest BCUT2D eigenvalue weighted by Gasteiger charge is -2.34. The first kappa shape index (κ1) is 16.3. The molecule has 1 aromatic heterocycles. The smallest absolute Gasteiger partial charge is 0.120 e. The van der Waals surface area contributed by atoms with Gasteiger partial charge in [-0.25, -0.2) is 0 Å². The molecule has 1 rings (SSSR count). The van der Waals surface area contributed by atoms with Crippen molar-refractivity contribution in [2.24, 2.45) is 0 Å². The fourth-order valence-corrected chi connectivity index (χ4v) is 1.86. The molecule has 110 valence electrons. The molecule has 0 bridgehead atoms. The highest BCUT2D eigenvalue weighted by Crippen LogP contribution is 2.22. The predicted octanol–water partition coefficient (Wildman–Crippen LogP) is 3.71. The molecule has 0 aromatic carbocycles. The van der Waals surface area contributed by atoms with Crippen LogP contribution >= 0.6 is 0 Å². The zero-order valence-electron chi connectivity index (χ0n) is 13.6. The third-order valence-electron chi connectivity index (χ3n) is 4.03. The summed E-state index contributed by atoms with van der Waals surface area (Å²) < 4.78 is 5.97. The van der Waals surface area contributed by atoms with Crippen molar-refractivity contribution in [1.29, 1.82) is 0 Å². The van der Waals surface area contributed by atoms with Crippen LogP contribution in [-0.2, 0) is 13.1 Å². The minimum absolute atomic E-state index is 0.205. The third kappa shape index (κ3) is 4.66. The molecule has 1 heterocycles. The molecule has 3 heteroatoms. The second kappa shape index (κ2) is 6.58. The van der Waals surface area contributed by atoms with E-state index in [9.17, 15) is 0 Å². The fraction of sp³-hybridized carbons (Fsp3) is 0.750. The van der Waals surface area contributed by atoms with Crippen molar-refractivity contribution >= 4 is 0 Å². The number of rotatable bonds is 7. The van der Waals surface area contributed by atoms with E-state index in [2.05, 4.69) is 64.9 Å². The maximum atomic E-state index is 5.97. The molecule has 0 atom stereocenters. The summed E-state index contributed by atoms with van der Waals surface area (Å²) in [5, 5.41) is 3.40. The number of nitrogens with zero attached hydrogens (tertiary/aromatic N) is 1. The lowest BCUT2D eigenvalue weighted by Crippen LogP contribution is -2.39. The van der Waals surface area contributed by atoms with E-state index in [1.165, 1.54) is 5.56 Å². The van der Waals surface area contributed by atoms with Crippen LogP contribution in [0.15, 0.2) is 10.5 Å². The Balaban J connectivity index is 2.68. The molecular formula is C16H30N2O. The van der Waals surface area contributed by atoms with E-state index >= 15 is 0 Å². The van der Waals surface area contributed by atoms with Crippen molar-refractivity contribution in [2.75, 3.05) is 7.05 Å². The molecule has 0 aliphatic rings. The van der Waals surface area contributed by atoms with Crippen LogP contribution in [0.25, 0.3) is 0 Å². The summed E-state index contributed by atoms with van der Waals surface area (Å²) in [5.74, 6) is 2.12. The fourth-order valence-electron chi connectivity index (χ4n) is 1.86. The summed E-state index contributed by atoms with van der Waals surface area (Å²) in [5.41, 5.74) is 1.45. The molecule has 0 radical (unpaired) electrons. The molecular weight excluding hydrogens is 236 g/mol. The summed E-state index contributed by atoms with van der Waals surface area (Å²) in [6, 6.07) is 2.65. The molecule has 3 nitrogen and oxygen atoms in total. The molecule has 0 aliphatic carbocycles. The molecule has 0 spiro atoms. The average Bonchev–Trinajstić information content (AvgIpc) is 2.66. The van der Waals surface area contributed by atoms with Crippen molar-refractivity contribution in [3.05, 3.63) is 23.2 Å². The van der Waals surface area contributed by atoms with Crippen molar-refractivity contribution in [1.82, 2.24) is 10.2 Å². The van der Waals surface area contributed by atoms with Crippen LogP contribution < -0.4 is 5.32 Å². The van der Waals surface area contributed by atoms with Gasteiger partial charge >= 0.3 is 0 Å². The molecule has 1 aromatic rings. The maximum Gasteiger partial charge on any atom is 0.120 e. The Bertz CT molecular complexity index is 393. The van der Waals surface area contributed by atoms with Crippen molar-refractivity contribution in [3.63, 3.8) is 0 Å². The standard InChI is InChI=1S/C16H30N2O/c1-8-16(5,6)18(7)11-14-9-13(4)15(19-14)10-17-12(2)3/h9,12,17H,8,10-11H2,1-7H3. The summed E-state index contributed by atoms with van der Waals surface area (Å²) in [4.78, 5) is 2.35. The van der Waals surface area contributed by atoms with Gasteiger partial charge in [-0.1, -0.05) is 20.8 Å². The third-order valence-corrected chi connectivity index (χ3v) is 4.03. The topological polar surface area (TPSA) is 28.4 Å². The zero-order valence-corrected chi connectivity index (χ0v) is 13.6. The summed E-state index contributed by atoms with van der Waals surface area (Å²) in [6.07, 6.45) is 1.13. The van der Waals surface area contributed by atoms with E-state index in [-0.39, 0.29) is 5.54 Å². The maximum absolute atomic E-state index is 5.97. The Labute approximate surface area is 118 Å². The van der Waals surface area contributed by atoms with Crippen LogP contribution in [0.1, 0.15) is 58.1 Å². The van der Waals surface area contributed by atoms with E-state index in [1.807, 2.05) is 0 Å². The zero-order chi connectivity index (χ0) is 14.6. The van der Waals surface area contributed by atoms with Gasteiger partial charge in [0.15, 0.2) is 0 Å². The van der Waals surface area contributed by atoms with Crippen LogP contribution in [0.3, 0.4) is 0 Å². The average molecular weight is 266 g/mol. The summed E-state index contributed by atoms with van der Waals surface area (Å²) in [6.45, 7) is 14.9. The SMILES string of the molecule is CCC(C)(C)N(C)Cc1cc(C)c(CNC(C)C)o1. The number of hydrogen-bond donors (Lipinski definition) is 1. The Morgan fingerprint density at radius 1 is 1.37 bits per heavy atom. The van der Waals surface area contributed by atoms with E-state index in [0.29, 0.717) is 6.04 Å².